The Hall–Kier alpha value is -2.00. The van der Waals surface area contributed by atoms with Crippen molar-refractivity contribution in [3.8, 4) is 6.07 Å². The number of amides is 1. The molecule has 0 spiro atoms. The van der Waals surface area contributed by atoms with Crippen LogP contribution in [-0.4, -0.2) is 21.7 Å². The molecule has 1 N–H and O–H groups in total. The number of carbonyl (C=O) groups excluding carboxylic acids is 1. The normalized spacial score (nSPS) is 15.3. The number of fused-ring (bicyclic) bond motifs is 1. The summed E-state index contributed by atoms with van der Waals surface area (Å²) in [4.78, 5) is 16.6. The molecular formula is C16H19N3O2S. The van der Waals surface area contributed by atoms with Gasteiger partial charge in [0, 0.05) is 0 Å². The second-order valence-electron chi connectivity index (χ2n) is 5.67. The van der Waals surface area contributed by atoms with E-state index in [2.05, 4.69) is 16.4 Å². The molecule has 2 rings (SSSR count). The Bertz CT molecular complexity index is 686. The molecule has 5 nitrogen and oxygen atoms in total. The van der Waals surface area contributed by atoms with Crippen molar-refractivity contribution >= 4 is 28.8 Å². The zero-order valence-corrected chi connectivity index (χ0v) is 13.9. The van der Waals surface area contributed by atoms with Gasteiger partial charge in [0.1, 0.15) is 11.1 Å². The van der Waals surface area contributed by atoms with Crippen molar-refractivity contribution in [2.75, 3.05) is 0 Å². The summed E-state index contributed by atoms with van der Waals surface area (Å²) in [6, 6.07) is 9.62. The molecule has 116 valence electrons. The fraction of sp³-hybridized carbons (Fsp3) is 0.438. The summed E-state index contributed by atoms with van der Waals surface area (Å²) in [5, 5.41) is 12.1. The molecule has 0 unspecified atom stereocenters. The second kappa shape index (κ2) is 6.41. The van der Waals surface area contributed by atoms with Crippen LogP contribution in [0.1, 0.15) is 27.7 Å². The van der Waals surface area contributed by atoms with Crippen molar-refractivity contribution in [1.29, 1.82) is 5.26 Å². The van der Waals surface area contributed by atoms with Crippen LogP contribution in [0.2, 0.25) is 0 Å². The van der Waals surface area contributed by atoms with E-state index in [-0.39, 0.29) is 11.8 Å². The second-order valence-corrected chi connectivity index (χ2v) is 6.96. The highest BCUT2D eigenvalue weighted by atomic mass is 32.2. The quantitative estimate of drug-likeness (QED) is 0.855. The van der Waals surface area contributed by atoms with Crippen LogP contribution in [-0.2, 0) is 4.79 Å². The minimum Gasteiger partial charge on any atom is -0.431 e. The molecule has 1 aromatic heterocycles. The van der Waals surface area contributed by atoms with Crippen LogP contribution in [0, 0.1) is 17.2 Å². The maximum absolute atomic E-state index is 12.3. The highest BCUT2D eigenvalue weighted by Gasteiger charge is 2.32. The fourth-order valence-corrected chi connectivity index (χ4v) is 2.52. The molecule has 0 aliphatic carbocycles. The fourth-order valence-electron chi connectivity index (χ4n) is 1.77. The van der Waals surface area contributed by atoms with Gasteiger partial charge in [0.15, 0.2) is 5.58 Å². The lowest BCUT2D eigenvalue weighted by molar-refractivity contribution is -0.121. The zero-order valence-electron chi connectivity index (χ0n) is 13.1. The molecular weight excluding hydrogens is 298 g/mol. The van der Waals surface area contributed by atoms with Crippen molar-refractivity contribution in [1.82, 2.24) is 10.3 Å². The van der Waals surface area contributed by atoms with E-state index in [0.29, 0.717) is 10.8 Å². The van der Waals surface area contributed by atoms with Crippen molar-refractivity contribution in [3.05, 3.63) is 24.3 Å². The van der Waals surface area contributed by atoms with Crippen LogP contribution in [0.4, 0.5) is 0 Å². The number of aromatic nitrogens is 1. The lowest BCUT2D eigenvalue weighted by Gasteiger charge is -2.28. The summed E-state index contributed by atoms with van der Waals surface area (Å²) in [5.74, 6) is -0.187. The van der Waals surface area contributed by atoms with Crippen molar-refractivity contribution in [2.24, 2.45) is 5.92 Å². The summed E-state index contributed by atoms with van der Waals surface area (Å²) < 4.78 is 5.60. The Balaban J connectivity index is 2.07. The maximum Gasteiger partial charge on any atom is 0.257 e. The van der Waals surface area contributed by atoms with E-state index in [4.69, 9.17) is 4.42 Å². The first kappa shape index (κ1) is 16.4. The molecule has 0 saturated carbocycles. The van der Waals surface area contributed by atoms with Gasteiger partial charge in [-0.2, -0.15) is 5.26 Å². The number of benzene rings is 1. The third-order valence-electron chi connectivity index (χ3n) is 3.69. The van der Waals surface area contributed by atoms with Gasteiger partial charge in [0.2, 0.25) is 5.91 Å². The number of nitrogens with zero attached hydrogens (tertiary/aromatic N) is 2. The summed E-state index contributed by atoms with van der Waals surface area (Å²) in [6.45, 7) is 7.31. The first-order valence-corrected chi connectivity index (χ1v) is 7.99. The van der Waals surface area contributed by atoms with Gasteiger partial charge < -0.3 is 9.73 Å². The predicted molar refractivity (Wildman–Crippen MR) is 86.3 cm³/mol. The molecule has 0 radical (unpaired) electrons. The molecule has 2 aromatic rings. The molecule has 0 bridgehead atoms. The minimum absolute atomic E-state index is 0.0166. The van der Waals surface area contributed by atoms with Crippen LogP contribution >= 0.6 is 11.8 Å². The number of rotatable bonds is 5. The van der Waals surface area contributed by atoms with E-state index in [9.17, 15) is 10.1 Å². The van der Waals surface area contributed by atoms with E-state index < -0.39 is 10.8 Å². The Morgan fingerprint density at radius 1 is 1.41 bits per heavy atom. The molecule has 1 aromatic carbocycles. The Morgan fingerprint density at radius 3 is 2.68 bits per heavy atom. The van der Waals surface area contributed by atoms with Crippen molar-refractivity contribution in [3.63, 3.8) is 0 Å². The predicted octanol–water partition coefficient (Wildman–Crippen LogP) is 3.36. The topological polar surface area (TPSA) is 78.9 Å². The number of carbonyl (C=O) groups is 1. The Morgan fingerprint density at radius 2 is 2.09 bits per heavy atom. The van der Waals surface area contributed by atoms with Crippen molar-refractivity contribution in [2.45, 2.75) is 43.7 Å². The van der Waals surface area contributed by atoms with Gasteiger partial charge >= 0.3 is 0 Å². The van der Waals surface area contributed by atoms with E-state index in [1.807, 2.05) is 38.1 Å². The van der Waals surface area contributed by atoms with E-state index in [0.717, 1.165) is 5.52 Å². The monoisotopic (exact) mass is 317 g/mol. The molecule has 2 atom stereocenters. The number of para-hydroxylation sites is 2. The number of oxazole rings is 1. The SMILES string of the molecule is CC(C)[C@@](C)(C#N)NC(=O)[C@@H](C)Sc1nc2ccccc2o1. The van der Waals surface area contributed by atoms with Crippen molar-refractivity contribution < 1.29 is 9.21 Å². The lowest BCUT2D eigenvalue weighted by Crippen LogP contribution is -2.51. The van der Waals surface area contributed by atoms with E-state index >= 15 is 0 Å². The Labute approximate surface area is 134 Å². The van der Waals surface area contributed by atoms with Gasteiger partial charge in [-0.1, -0.05) is 37.7 Å². The largest absolute Gasteiger partial charge is 0.431 e. The van der Waals surface area contributed by atoms with Crippen LogP contribution in [0.25, 0.3) is 11.1 Å². The average Bonchev–Trinajstić information content (AvgIpc) is 2.88. The van der Waals surface area contributed by atoms with Gasteiger partial charge in [0.25, 0.3) is 5.22 Å². The van der Waals surface area contributed by atoms with Gasteiger partial charge in [0.05, 0.1) is 11.3 Å². The molecule has 0 aliphatic heterocycles. The number of nitriles is 1. The van der Waals surface area contributed by atoms with Gasteiger partial charge in [-0.25, -0.2) is 4.98 Å². The lowest BCUT2D eigenvalue weighted by atomic mass is 9.90. The first-order valence-electron chi connectivity index (χ1n) is 7.11. The van der Waals surface area contributed by atoms with Crippen LogP contribution in [0.3, 0.4) is 0 Å². The van der Waals surface area contributed by atoms with E-state index in [1.54, 1.807) is 13.8 Å². The summed E-state index contributed by atoms with van der Waals surface area (Å²) >= 11 is 1.24. The maximum atomic E-state index is 12.3. The smallest absolute Gasteiger partial charge is 0.257 e. The van der Waals surface area contributed by atoms with Crippen LogP contribution in [0.5, 0.6) is 0 Å². The first-order chi connectivity index (χ1) is 10.4. The molecule has 0 saturated heterocycles. The number of hydrogen-bond donors (Lipinski definition) is 1. The van der Waals surface area contributed by atoms with Gasteiger partial charge in [-0.05, 0) is 31.9 Å². The molecule has 1 amide bonds. The third-order valence-corrected chi connectivity index (χ3v) is 4.63. The summed E-state index contributed by atoms with van der Waals surface area (Å²) in [7, 11) is 0. The number of thioether (sulfide) groups is 1. The highest BCUT2D eigenvalue weighted by Crippen LogP contribution is 2.27. The van der Waals surface area contributed by atoms with Gasteiger partial charge in [-0.3, -0.25) is 4.79 Å². The van der Waals surface area contributed by atoms with E-state index in [1.165, 1.54) is 11.8 Å². The standard InChI is InChI=1S/C16H19N3O2S/c1-10(2)16(4,9-17)19-14(20)11(3)22-15-18-12-7-5-6-8-13(12)21-15/h5-8,10-11H,1-4H3,(H,19,20)/t11-,16-/m1/s1. The number of hydrogen-bond acceptors (Lipinski definition) is 5. The van der Waals surface area contributed by atoms with Crippen LogP contribution in [0.15, 0.2) is 33.9 Å². The third kappa shape index (κ3) is 3.42. The summed E-state index contributed by atoms with van der Waals surface area (Å²) in [6.07, 6.45) is 0. The summed E-state index contributed by atoms with van der Waals surface area (Å²) in [5.41, 5.74) is 0.580. The number of nitrogens with one attached hydrogen (secondary N) is 1. The molecule has 1 heterocycles. The van der Waals surface area contributed by atoms with Crippen LogP contribution < -0.4 is 5.32 Å². The minimum atomic E-state index is -0.882. The molecule has 0 aliphatic rings. The zero-order chi connectivity index (χ0) is 16.3. The molecule has 6 heteroatoms. The average molecular weight is 317 g/mol. The molecule has 22 heavy (non-hydrogen) atoms. The Kier molecular flexibility index (Phi) is 4.77. The van der Waals surface area contributed by atoms with Gasteiger partial charge in [-0.15, -0.1) is 0 Å². The molecule has 0 fully saturated rings. The highest BCUT2D eigenvalue weighted by molar-refractivity contribution is 8.00.